The number of ether oxygens (including phenoxy) is 1. The number of rotatable bonds is 2. The van der Waals surface area contributed by atoms with Crippen molar-refractivity contribution in [2.75, 3.05) is 13.1 Å². The first-order valence-corrected chi connectivity index (χ1v) is 9.07. The van der Waals surface area contributed by atoms with Crippen molar-refractivity contribution < 1.29 is 9.53 Å². The molecule has 0 aromatic rings. The van der Waals surface area contributed by atoms with E-state index in [9.17, 15) is 4.79 Å². The average Bonchev–Trinajstić information content (AvgIpc) is 2.62. The Labute approximate surface area is 136 Å². The Hall–Kier alpha value is -0.770. The molecular weight excluding hydrogens is 276 g/mol. The van der Waals surface area contributed by atoms with Crippen molar-refractivity contribution in [2.45, 2.75) is 90.3 Å². The standard InChI is InChI=1S/C18H34N2O2/c1-14-8-7-10-15(12-14)19-16-9-5-6-11-20(13-16)17(21)22-18(2,3)4/h14-16,19H,5-13H2,1-4H3. The number of carbonyl (C=O) groups is 1. The fourth-order valence-corrected chi connectivity index (χ4v) is 3.69. The molecule has 0 spiro atoms. The molecule has 0 radical (unpaired) electrons. The third-order valence-corrected chi connectivity index (χ3v) is 4.73. The van der Waals surface area contributed by atoms with Crippen molar-refractivity contribution in [3.63, 3.8) is 0 Å². The third kappa shape index (κ3) is 5.79. The van der Waals surface area contributed by atoms with Crippen LogP contribution in [-0.4, -0.2) is 41.8 Å². The van der Waals surface area contributed by atoms with Crippen LogP contribution in [0.2, 0.25) is 0 Å². The van der Waals surface area contributed by atoms with Crippen molar-refractivity contribution in [3.8, 4) is 0 Å². The molecule has 1 N–H and O–H groups in total. The minimum absolute atomic E-state index is 0.154. The minimum Gasteiger partial charge on any atom is -0.444 e. The van der Waals surface area contributed by atoms with Gasteiger partial charge in [0.15, 0.2) is 0 Å². The highest BCUT2D eigenvalue weighted by atomic mass is 16.6. The molecule has 1 aliphatic heterocycles. The lowest BCUT2D eigenvalue weighted by Crippen LogP contribution is -2.48. The zero-order chi connectivity index (χ0) is 16.2. The predicted molar refractivity (Wildman–Crippen MR) is 90.0 cm³/mol. The van der Waals surface area contributed by atoms with Crippen LogP contribution in [0.4, 0.5) is 4.79 Å². The topological polar surface area (TPSA) is 41.6 Å². The second-order valence-electron chi connectivity index (χ2n) is 8.25. The van der Waals surface area contributed by atoms with Gasteiger partial charge in [0.1, 0.15) is 5.60 Å². The average molecular weight is 310 g/mol. The highest BCUT2D eigenvalue weighted by Crippen LogP contribution is 2.25. The first-order chi connectivity index (χ1) is 10.3. The van der Waals surface area contributed by atoms with E-state index in [2.05, 4.69) is 12.2 Å². The van der Waals surface area contributed by atoms with E-state index >= 15 is 0 Å². The summed E-state index contributed by atoms with van der Waals surface area (Å²) >= 11 is 0. The predicted octanol–water partition coefficient (Wildman–Crippen LogP) is 3.94. The first kappa shape index (κ1) is 17.6. The van der Waals surface area contributed by atoms with Gasteiger partial charge in [0.25, 0.3) is 0 Å². The van der Waals surface area contributed by atoms with Crippen LogP contribution in [0.5, 0.6) is 0 Å². The molecule has 2 rings (SSSR count). The van der Waals surface area contributed by atoms with Gasteiger partial charge in [-0.3, -0.25) is 0 Å². The lowest BCUT2D eigenvalue weighted by Gasteiger charge is -2.33. The highest BCUT2D eigenvalue weighted by Gasteiger charge is 2.28. The number of nitrogens with one attached hydrogen (secondary N) is 1. The van der Waals surface area contributed by atoms with E-state index in [-0.39, 0.29) is 6.09 Å². The molecule has 1 saturated heterocycles. The van der Waals surface area contributed by atoms with Gasteiger partial charge in [0, 0.05) is 25.2 Å². The maximum Gasteiger partial charge on any atom is 0.410 e. The number of amides is 1. The highest BCUT2D eigenvalue weighted by molar-refractivity contribution is 5.68. The van der Waals surface area contributed by atoms with Crippen LogP contribution < -0.4 is 5.32 Å². The SMILES string of the molecule is CC1CCCC(NC2CCCCN(C(=O)OC(C)(C)C)C2)C1. The summed E-state index contributed by atoms with van der Waals surface area (Å²) < 4.78 is 5.55. The molecule has 4 heteroatoms. The summed E-state index contributed by atoms with van der Waals surface area (Å²) in [4.78, 5) is 14.2. The Morgan fingerprint density at radius 3 is 2.50 bits per heavy atom. The summed E-state index contributed by atoms with van der Waals surface area (Å²) in [7, 11) is 0. The van der Waals surface area contributed by atoms with Gasteiger partial charge in [-0.15, -0.1) is 0 Å². The quantitative estimate of drug-likeness (QED) is 0.840. The third-order valence-electron chi connectivity index (χ3n) is 4.73. The number of hydrogen-bond donors (Lipinski definition) is 1. The summed E-state index contributed by atoms with van der Waals surface area (Å²) in [6, 6.07) is 1.05. The number of nitrogens with zero attached hydrogens (tertiary/aromatic N) is 1. The summed E-state index contributed by atoms with van der Waals surface area (Å²) in [6.45, 7) is 9.77. The molecule has 0 aromatic carbocycles. The van der Waals surface area contributed by atoms with Gasteiger partial charge in [-0.25, -0.2) is 4.79 Å². The molecule has 3 unspecified atom stereocenters. The molecule has 22 heavy (non-hydrogen) atoms. The lowest BCUT2D eigenvalue weighted by molar-refractivity contribution is 0.0240. The van der Waals surface area contributed by atoms with E-state index in [1.807, 2.05) is 25.7 Å². The van der Waals surface area contributed by atoms with Crippen molar-refractivity contribution in [2.24, 2.45) is 5.92 Å². The monoisotopic (exact) mass is 310 g/mol. The minimum atomic E-state index is -0.412. The van der Waals surface area contributed by atoms with Gasteiger partial charge >= 0.3 is 6.09 Å². The fourth-order valence-electron chi connectivity index (χ4n) is 3.69. The van der Waals surface area contributed by atoms with E-state index in [1.165, 1.54) is 38.5 Å². The van der Waals surface area contributed by atoms with Gasteiger partial charge < -0.3 is 15.0 Å². The maximum atomic E-state index is 12.3. The summed E-state index contributed by atoms with van der Waals surface area (Å²) in [5.74, 6) is 0.832. The number of carbonyl (C=O) groups excluding carboxylic acids is 1. The molecule has 2 aliphatic rings. The van der Waals surface area contributed by atoms with Crippen LogP contribution in [0.25, 0.3) is 0 Å². The van der Waals surface area contributed by atoms with Crippen molar-refractivity contribution in [3.05, 3.63) is 0 Å². The van der Waals surface area contributed by atoms with E-state index in [4.69, 9.17) is 4.74 Å². The Morgan fingerprint density at radius 1 is 1.09 bits per heavy atom. The van der Waals surface area contributed by atoms with Crippen LogP contribution in [0.15, 0.2) is 0 Å². The Bertz CT molecular complexity index is 365. The Balaban J connectivity index is 1.87. The Morgan fingerprint density at radius 2 is 1.82 bits per heavy atom. The molecule has 1 saturated carbocycles. The smallest absolute Gasteiger partial charge is 0.410 e. The number of likely N-dealkylation sites (tertiary alicyclic amines) is 1. The first-order valence-electron chi connectivity index (χ1n) is 9.07. The van der Waals surface area contributed by atoms with Crippen molar-refractivity contribution in [1.29, 1.82) is 0 Å². The van der Waals surface area contributed by atoms with Crippen LogP contribution in [-0.2, 0) is 4.74 Å². The summed E-state index contributed by atoms with van der Waals surface area (Å²) in [5, 5.41) is 3.83. The van der Waals surface area contributed by atoms with Gasteiger partial charge in [-0.2, -0.15) is 0 Å². The fraction of sp³-hybridized carbons (Fsp3) is 0.944. The molecule has 128 valence electrons. The van der Waals surface area contributed by atoms with Gasteiger partial charge in [-0.1, -0.05) is 26.2 Å². The van der Waals surface area contributed by atoms with E-state index < -0.39 is 5.60 Å². The molecule has 1 heterocycles. The molecule has 1 aliphatic carbocycles. The Kier molecular flexibility index (Phi) is 6.13. The summed E-state index contributed by atoms with van der Waals surface area (Å²) in [6.07, 6.45) is 8.56. The zero-order valence-corrected chi connectivity index (χ0v) is 14.9. The van der Waals surface area contributed by atoms with Crippen LogP contribution >= 0.6 is 0 Å². The molecule has 4 nitrogen and oxygen atoms in total. The van der Waals surface area contributed by atoms with Gasteiger partial charge in [0.2, 0.25) is 0 Å². The molecule has 2 fully saturated rings. The van der Waals surface area contributed by atoms with Crippen molar-refractivity contribution in [1.82, 2.24) is 10.2 Å². The number of hydrogen-bond acceptors (Lipinski definition) is 3. The van der Waals surface area contributed by atoms with Gasteiger partial charge in [-0.05, 0) is 52.4 Å². The molecular formula is C18H34N2O2. The summed E-state index contributed by atoms with van der Waals surface area (Å²) in [5.41, 5.74) is -0.412. The molecule has 0 bridgehead atoms. The zero-order valence-electron chi connectivity index (χ0n) is 14.9. The molecule has 1 amide bonds. The van der Waals surface area contributed by atoms with E-state index in [1.54, 1.807) is 0 Å². The molecule has 3 atom stereocenters. The largest absolute Gasteiger partial charge is 0.444 e. The maximum absolute atomic E-state index is 12.3. The van der Waals surface area contributed by atoms with Gasteiger partial charge in [0.05, 0.1) is 0 Å². The second kappa shape index (κ2) is 7.67. The van der Waals surface area contributed by atoms with Crippen molar-refractivity contribution >= 4 is 6.09 Å². The second-order valence-corrected chi connectivity index (χ2v) is 8.25. The molecule has 0 aromatic heterocycles. The van der Waals surface area contributed by atoms with Crippen LogP contribution in [0, 0.1) is 5.92 Å². The van der Waals surface area contributed by atoms with Crippen LogP contribution in [0.1, 0.15) is 72.6 Å². The normalized spacial score (nSPS) is 30.7. The van der Waals surface area contributed by atoms with Crippen LogP contribution in [0.3, 0.4) is 0 Å². The lowest BCUT2D eigenvalue weighted by atomic mass is 9.86. The van der Waals surface area contributed by atoms with E-state index in [0.717, 1.165) is 25.4 Å². The van der Waals surface area contributed by atoms with E-state index in [0.29, 0.717) is 12.1 Å².